The number of quaternary nitrogens is 1. The summed E-state index contributed by atoms with van der Waals surface area (Å²) in [6.45, 7) is 8.28. The lowest BCUT2D eigenvalue weighted by Crippen LogP contribution is -2.93. The zero-order chi connectivity index (χ0) is 14.8. The van der Waals surface area contributed by atoms with E-state index in [9.17, 15) is 8.42 Å². The summed E-state index contributed by atoms with van der Waals surface area (Å²) < 4.78 is 28.0. The van der Waals surface area contributed by atoms with E-state index in [1.54, 1.807) is 0 Å². The molecule has 118 valence electrons. The predicted molar refractivity (Wildman–Crippen MR) is 81.9 cm³/mol. The van der Waals surface area contributed by atoms with E-state index in [2.05, 4.69) is 30.8 Å². The van der Waals surface area contributed by atoms with Crippen LogP contribution in [0.4, 0.5) is 0 Å². The molecule has 2 aliphatic rings. The van der Waals surface area contributed by atoms with Crippen molar-refractivity contribution in [3.8, 4) is 0 Å². The molecule has 0 bridgehead atoms. The number of nitrogens with one attached hydrogen (secondary N) is 1. The monoisotopic (exact) mass is 303 g/mol. The first kappa shape index (κ1) is 16.2. The molecule has 0 amide bonds. The molecule has 20 heavy (non-hydrogen) atoms. The van der Waals surface area contributed by atoms with Gasteiger partial charge in [0.15, 0.2) is 0 Å². The van der Waals surface area contributed by atoms with Crippen molar-refractivity contribution in [2.75, 3.05) is 13.1 Å². The standard InChI is InChI=1S/C15H30N2O2S/c1-11-8-13(3)15(9-12(11)2)20(18,19)17-10-14-6-4-5-7-16-14/h11-17H,4-10H2,1-3H3/p+1. The van der Waals surface area contributed by atoms with E-state index in [1.165, 1.54) is 12.8 Å². The number of sulfonamides is 1. The summed E-state index contributed by atoms with van der Waals surface area (Å²) in [5.74, 6) is 1.42. The smallest absolute Gasteiger partial charge is 0.214 e. The third-order valence-corrected chi connectivity index (χ3v) is 7.45. The van der Waals surface area contributed by atoms with Gasteiger partial charge in [-0.25, -0.2) is 13.1 Å². The van der Waals surface area contributed by atoms with Crippen LogP contribution in [0, 0.1) is 17.8 Å². The van der Waals surface area contributed by atoms with E-state index < -0.39 is 10.0 Å². The highest BCUT2D eigenvalue weighted by molar-refractivity contribution is 7.90. The van der Waals surface area contributed by atoms with Gasteiger partial charge in [-0.2, -0.15) is 0 Å². The number of rotatable bonds is 4. The lowest BCUT2D eigenvalue weighted by atomic mass is 9.76. The number of nitrogens with two attached hydrogens (primary N) is 1. The van der Waals surface area contributed by atoms with Crippen molar-refractivity contribution in [1.82, 2.24) is 4.72 Å². The molecule has 1 aliphatic heterocycles. The van der Waals surface area contributed by atoms with Crippen molar-refractivity contribution in [3.63, 3.8) is 0 Å². The normalized spacial score (nSPS) is 39.6. The summed E-state index contributed by atoms with van der Waals surface area (Å²) >= 11 is 0. The van der Waals surface area contributed by atoms with Gasteiger partial charge in [-0.05, 0) is 43.4 Å². The molecule has 1 saturated carbocycles. The molecule has 0 spiro atoms. The van der Waals surface area contributed by atoms with Crippen molar-refractivity contribution in [2.45, 2.75) is 64.2 Å². The Morgan fingerprint density at radius 2 is 1.75 bits per heavy atom. The van der Waals surface area contributed by atoms with Gasteiger partial charge in [-0.15, -0.1) is 0 Å². The highest BCUT2D eigenvalue weighted by atomic mass is 32.2. The quantitative estimate of drug-likeness (QED) is 0.817. The maximum atomic E-state index is 12.6. The molecule has 5 atom stereocenters. The van der Waals surface area contributed by atoms with Crippen LogP contribution in [-0.2, 0) is 10.0 Å². The first-order valence-electron chi connectivity index (χ1n) is 8.22. The average Bonchev–Trinajstić information content (AvgIpc) is 2.42. The fourth-order valence-corrected chi connectivity index (χ4v) is 5.71. The molecule has 3 N–H and O–H groups in total. The molecule has 1 heterocycles. The Labute approximate surface area is 124 Å². The van der Waals surface area contributed by atoms with Crippen LogP contribution in [0.3, 0.4) is 0 Å². The molecule has 5 unspecified atom stereocenters. The van der Waals surface area contributed by atoms with Crippen LogP contribution >= 0.6 is 0 Å². The van der Waals surface area contributed by atoms with Gasteiger partial charge in [0, 0.05) is 6.42 Å². The minimum absolute atomic E-state index is 0.197. The maximum absolute atomic E-state index is 12.6. The van der Waals surface area contributed by atoms with Crippen molar-refractivity contribution in [2.24, 2.45) is 17.8 Å². The van der Waals surface area contributed by atoms with Gasteiger partial charge < -0.3 is 5.32 Å². The van der Waals surface area contributed by atoms with E-state index in [0.717, 1.165) is 25.8 Å². The second-order valence-electron chi connectivity index (χ2n) is 7.12. The second-order valence-corrected chi connectivity index (χ2v) is 9.10. The molecular formula is C15H31N2O2S+. The summed E-state index contributed by atoms with van der Waals surface area (Å²) in [7, 11) is -3.16. The minimum atomic E-state index is -3.16. The van der Waals surface area contributed by atoms with Gasteiger partial charge in [-0.1, -0.05) is 20.8 Å². The third kappa shape index (κ3) is 3.95. The van der Waals surface area contributed by atoms with Crippen molar-refractivity contribution in [1.29, 1.82) is 0 Å². The molecule has 0 aromatic heterocycles. The van der Waals surface area contributed by atoms with Crippen LogP contribution in [0.25, 0.3) is 0 Å². The topological polar surface area (TPSA) is 62.8 Å². The Kier molecular flexibility index (Phi) is 5.49. The first-order valence-corrected chi connectivity index (χ1v) is 9.76. The van der Waals surface area contributed by atoms with E-state index >= 15 is 0 Å². The fourth-order valence-electron chi connectivity index (χ4n) is 3.77. The Hall–Kier alpha value is -0.130. The van der Waals surface area contributed by atoms with E-state index in [4.69, 9.17) is 0 Å². The van der Waals surface area contributed by atoms with E-state index in [-0.39, 0.29) is 11.2 Å². The summed E-state index contributed by atoms with van der Waals surface area (Å²) in [6, 6.07) is 0.439. The van der Waals surface area contributed by atoms with Gasteiger partial charge >= 0.3 is 0 Å². The zero-order valence-electron chi connectivity index (χ0n) is 13.1. The van der Waals surface area contributed by atoms with Gasteiger partial charge in [0.2, 0.25) is 10.0 Å². The van der Waals surface area contributed by atoms with E-state index in [0.29, 0.717) is 24.4 Å². The summed E-state index contributed by atoms with van der Waals surface area (Å²) in [5.41, 5.74) is 0. The zero-order valence-corrected chi connectivity index (χ0v) is 14.0. The summed E-state index contributed by atoms with van der Waals surface area (Å²) in [6.07, 6.45) is 5.47. The van der Waals surface area contributed by atoms with Crippen molar-refractivity contribution in [3.05, 3.63) is 0 Å². The SMILES string of the molecule is CC1CC(C)C(S(=O)(=O)NCC2CCCC[NH2+]2)CC1C. The number of hydrogen-bond donors (Lipinski definition) is 2. The molecule has 2 rings (SSSR count). The van der Waals surface area contributed by atoms with Crippen LogP contribution < -0.4 is 10.0 Å². The molecule has 0 aromatic carbocycles. The van der Waals surface area contributed by atoms with Gasteiger partial charge in [0.05, 0.1) is 24.4 Å². The minimum Gasteiger partial charge on any atom is -0.343 e. The lowest BCUT2D eigenvalue weighted by molar-refractivity contribution is -0.695. The Morgan fingerprint density at radius 1 is 1.05 bits per heavy atom. The molecule has 1 saturated heterocycles. The number of piperidine rings is 1. The highest BCUT2D eigenvalue weighted by Gasteiger charge is 2.38. The highest BCUT2D eigenvalue weighted by Crippen LogP contribution is 2.36. The Morgan fingerprint density at radius 3 is 2.40 bits per heavy atom. The fraction of sp³-hybridized carbons (Fsp3) is 1.00. The Bertz CT molecular complexity index is 404. The lowest BCUT2D eigenvalue weighted by Gasteiger charge is -2.36. The number of hydrogen-bond acceptors (Lipinski definition) is 2. The van der Waals surface area contributed by atoms with Crippen LogP contribution in [0.5, 0.6) is 0 Å². The van der Waals surface area contributed by atoms with Crippen LogP contribution in [-0.4, -0.2) is 32.8 Å². The predicted octanol–water partition coefficient (Wildman–Crippen LogP) is 1.09. The summed E-state index contributed by atoms with van der Waals surface area (Å²) in [5, 5.41) is 2.10. The largest absolute Gasteiger partial charge is 0.343 e. The molecule has 1 aliphatic carbocycles. The maximum Gasteiger partial charge on any atom is 0.214 e. The second kappa shape index (κ2) is 6.75. The molecule has 0 aromatic rings. The van der Waals surface area contributed by atoms with E-state index in [1.807, 2.05) is 0 Å². The van der Waals surface area contributed by atoms with Crippen molar-refractivity contribution >= 4 is 10.0 Å². The van der Waals surface area contributed by atoms with Gasteiger partial charge in [-0.3, -0.25) is 0 Å². The molecule has 4 nitrogen and oxygen atoms in total. The molecule has 2 fully saturated rings. The molecular weight excluding hydrogens is 272 g/mol. The first-order chi connectivity index (χ1) is 9.40. The average molecular weight is 303 g/mol. The van der Waals surface area contributed by atoms with Crippen LogP contribution in [0.1, 0.15) is 52.9 Å². The van der Waals surface area contributed by atoms with Gasteiger partial charge in [0.1, 0.15) is 0 Å². The van der Waals surface area contributed by atoms with Crippen molar-refractivity contribution < 1.29 is 13.7 Å². The van der Waals surface area contributed by atoms with Crippen LogP contribution in [0.2, 0.25) is 0 Å². The third-order valence-electron chi connectivity index (χ3n) is 5.43. The summed E-state index contributed by atoms with van der Waals surface area (Å²) in [4.78, 5) is 0. The Balaban J connectivity index is 1.91. The van der Waals surface area contributed by atoms with Gasteiger partial charge in [0.25, 0.3) is 0 Å². The molecule has 5 heteroatoms. The van der Waals surface area contributed by atoms with Crippen LogP contribution in [0.15, 0.2) is 0 Å². The molecule has 0 radical (unpaired) electrons.